The van der Waals surface area contributed by atoms with Crippen molar-refractivity contribution >= 4 is 5.97 Å². The van der Waals surface area contributed by atoms with Crippen LogP contribution in [0.3, 0.4) is 0 Å². The van der Waals surface area contributed by atoms with Crippen molar-refractivity contribution in [2.24, 2.45) is 11.8 Å². The molecule has 0 radical (unpaired) electrons. The summed E-state index contributed by atoms with van der Waals surface area (Å²) in [5, 5.41) is 10.7. The van der Waals surface area contributed by atoms with Gasteiger partial charge < -0.3 is 14.6 Å². The molecule has 1 saturated heterocycles. The molecule has 1 N–H and O–H groups in total. The Morgan fingerprint density at radius 1 is 1.24 bits per heavy atom. The molecule has 6 nitrogen and oxygen atoms in total. The summed E-state index contributed by atoms with van der Waals surface area (Å²) in [6.07, 6.45) is 4.57. The molecule has 4 rings (SSSR count). The number of ether oxygens (including phenoxy) is 2. The lowest BCUT2D eigenvalue weighted by atomic mass is 9.78. The molecule has 0 amide bonds. The number of aliphatic hydroxyl groups excluding tert-OH is 1. The number of pyridine rings is 1. The summed E-state index contributed by atoms with van der Waals surface area (Å²) in [6, 6.07) is 9.05. The summed E-state index contributed by atoms with van der Waals surface area (Å²) in [6.45, 7) is 5.04. The number of hydrogen-bond donors (Lipinski definition) is 1. The predicted molar refractivity (Wildman–Crippen MR) is 109 cm³/mol. The number of benzene rings is 1. The average Bonchev–Trinajstić information content (AvgIpc) is 3.10. The van der Waals surface area contributed by atoms with E-state index in [1.54, 1.807) is 18.2 Å². The SMILES string of the molecule is COC(=O)c1cccc(O[C@@H]2C[C@@H]3CN(Cc4ccncc4C)C[C@@H]3C[C@H]2O)c1. The van der Waals surface area contributed by atoms with Crippen molar-refractivity contribution in [1.29, 1.82) is 0 Å². The number of likely N-dealkylation sites (tertiary alicyclic amines) is 1. The molecule has 1 aromatic carbocycles. The van der Waals surface area contributed by atoms with Gasteiger partial charge in [-0.3, -0.25) is 9.88 Å². The summed E-state index contributed by atoms with van der Waals surface area (Å²) in [4.78, 5) is 18.4. The van der Waals surface area contributed by atoms with Crippen LogP contribution in [0.5, 0.6) is 5.75 Å². The van der Waals surface area contributed by atoms with Gasteiger partial charge >= 0.3 is 5.97 Å². The second kappa shape index (κ2) is 8.51. The van der Waals surface area contributed by atoms with Gasteiger partial charge in [-0.1, -0.05) is 6.07 Å². The maximum absolute atomic E-state index is 11.7. The van der Waals surface area contributed by atoms with E-state index in [9.17, 15) is 9.90 Å². The quantitative estimate of drug-likeness (QED) is 0.784. The Kier molecular flexibility index (Phi) is 5.83. The van der Waals surface area contributed by atoms with Crippen LogP contribution in [0.2, 0.25) is 0 Å². The van der Waals surface area contributed by atoms with Gasteiger partial charge in [0.2, 0.25) is 0 Å². The lowest BCUT2D eigenvalue weighted by Gasteiger charge is -2.35. The molecule has 4 atom stereocenters. The molecule has 2 aliphatic rings. The Hall–Kier alpha value is -2.44. The highest BCUT2D eigenvalue weighted by atomic mass is 16.5. The van der Waals surface area contributed by atoms with E-state index in [1.165, 1.54) is 18.2 Å². The normalized spacial score (nSPS) is 26.7. The number of esters is 1. The molecule has 6 heteroatoms. The number of carbonyl (C=O) groups excluding carboxylic acids is 1. The van der Waals surface area contributed by atoms with Gasteiger partial charge in [-0.25, -0.2) is 4.79 Å². The Morgan fingerprint density at radius 3 is 2.79 bits per heavy atom. The Balaban J connectivity index is 1.39. The van der Waals surface area contributed by atoms with Crippen molar-refractivity contribution in [2.75, 3.05) is 20.2 Å². The summed E-state index contributed by atoms with van der Waals surface area (Å²) in [5.74, 6) is 1.21. The Labute approximate surface area is 171 Å². The predicted octanol–water partition coefficient (Wildman–Crippen LogP) is 2.83. The maximum Gasteiger partial charge on any atom is 0.337 e. The van der Waals surface area contributed by atoms with Crippen LogP contribution in [-0.2, 0) is 11.3 Å². The fraction of sp³-hybridized carbons (Fsp3) is 0.478. The molecule has 2 fully saturated rings. The van der Waals surface area contributed by atoms with Crippen LogP contribution in [-0.4, -0.2) is 53.4 Å². The van der Waals surface area contributed by atoms with Crippen molar-refractivity contribution in [3.63, 3.8) is 0 Å². The highest BCUT2D eigenvalue weighted by Gasteiger charge is 2.42. The first-order valence-corrected chi connectivity index (χ1v) is 10.2. The van der Waals surface area contributed by atoms with Crippen molar-refractivity contribution in [3.05, 3.63) is 59.4 Å². The monoisotopic (exact) mass is 396 g/mol. The molecule has 1 aromatic heterocycles. The highest BCUT2D eigenvalue weighted by Crippen LogP contribution is 2.38. The third kappa shape index (κ3) is 4.43. The van der Waals surface area contributed by atoms with E-state index in [-0.39, 0.29) is 6.10 Å². The molecule has 1 aliphatic carbocycles. The van der Waals surface area contributed by atoms with Gasteiger partial charge in [-0.15, -0.1) is 0 Å². The highest BCUT2D eigenvalue weighted by molar-refractivity contribution is 5.89. The van der Waals surface area contributed by atoms with Gasteiger partial charge in [0.25, 0.3) is 0 Å². The molecule has 154 valence electrons. The molecule has 2 heterocycles. The third-order valence-electron chi connectivity index (χ3n) is 6.23. The zero-order chi connectivity index (χ0) is 20.4. The number of nitrogens with zero attached hydrogens (tertiary/aromatic N) is 2. The lowest BCUT2D eigenvalue weighted by Crippen LogP contribution is -2.42. The van der Waals surface area contributed by atoms with Crippen LogP contribution in [0.15, 0.2) is 42.7 Å². The molecule has 1 saturated carbocycles. The molecule has 0 spiro atoms. The molecule has 0 unspecified atom stereocenters. The van der Waals surface area contributed by atoms with Crippen LogP contribution < -0.4 is 4.74 Å². The van der Waals surface area contributed by atoms with Crippen molar-refractivity contribution in [2.45, 2.75) is 38.5 Å². The number of carbonyl (C=O) groups is 1. The largest absolute Gasteiger partial charge is 0.488 e. The Bertz CT molecular complexity index is 871. The summed E-state index contributed by atoms with van der Waals surface area (Å²) < 4.78 is 10.9. The number of aromatic nitrogens is 1. The molecule has 1 aliphatic heterocycles. The van der Waals surface area contributed by atoms with Crippen molar-refractivity contribution in [3.8, 4) is 5.75 Å². The molecule has 29 heavy (non-hydrogen) atoms. The Morgan fingerprint density at radius 2 is 2.03 bits per heavy atom. The molecule has 2 aromatic rings. The van der Waals surface area contributed by atoms with E-state index in [0.717, 1.165) is 32.5 Å². The standard InChI is InChI=1S/C23H28N2O4/c1-15-11-24-7-6-17(15)12-25-13-18-9-21(26)22(10-19(18)14-25)29-20-5-3-4-16(8-20)23(27)28-2/h3-8,11,18-19,21-22,26H,9-10,12-14H2,1-2H3/t18-,19+,21+,22+/m0/s1. The number of methoxy groups -OCH3 is 1. The van der Waals surface area contributed by atoms with Crippen LogP contribution in [0.25, 0.3) is 0 Å². The number of fused-ring (bicyclic) bond motifs is 1. The van der Waals surface area contributed by atoms with Gasteiger partial charge in [0, 0.05) is 32.0 Å². The first-order valence-electron chi connectivity index (χ1n) is 10.2. The molecular formula is C23H28N2O4. The second-order valence-corrected chi connectivity index (χ2v) is 8.23. The van der Waals surface area contributed by atoms with Crippen LogP contribution in [0.4, 0.5) is 0 Å². The molecular weight excluding hydrogens is 368 g/mol. The van der Waals surface area contributed by atoms with Crippen LogP contribution in [0.1, 0.15) is 34.3 Å². The zero-order valence-corrected chi connectivity index (χ0v) is 17.0. The summed E-state index contributed by atoms with van der Waals surface area (Å²) in [7, 11) is 1.36. The summed E-state index contributed by atoms with van der Waals surface area (Å²) >= 11 is 0. The first kappa shape index (κ1) is 19.9. The maximum atomic E-state index is 11.7. The fourth-order valence-electron chi connectivity index (χ4n) is 4.65. The minimum Gasteiger partial charge on any atom is -0.488 e. The van der Waals surface area contributed by atoms with E-state index in [4.69, 9.17) is 9.47 Å². The van der Waals surface area contributed by atoms with Crippen molar-refractivity contribution < 1.29 is 19.4 Å². The van der Waals surface area contributed by atoms with Gasteiger partial charge in [-0.05, 0) is 67.0 Å². The van der Waals surface area contributed by atoms with Gasteiger partial charge in [0.05, 0.1) is 18.8 Å². The average molecular weight is 396 g/mol. The number of hydrogen-bond acceptors (Lipinski definition) is 6. The zero-order valence-electron chi connectivity index (χ0n) is 17.0. The topological polar surface area (TPSA) is 71.9 Å². The molecule has 0 bridgehead atoms. The second-order valence-electron chi connectivity index (χ2n) is 8.23. The minimum absolute atomic E-state index is 0.258. The van der Waals surface area contributed by atoms with Crippen molar-refractivity contribution in [1.82, 2.24) is 9.88 Å². The van der Waals surface area contributed by atoms with Gasteiger partial charge in [0.15, 0.2) is 0 Å². The van der Waals surface area contributed by atoms with E-state index >= 15 is 0 Å². The van der Waals surface area contributed by atoms with Gasteiger partial charge in [-0.2, -0.15) is 0 Å². The van der Waals surface area contributed by atoms with E-state index in [0.29, 0.717) is 23.1 Å². The van der Waals surface area contributed by atoms with E-state index in [1.807, 2.05) is 18.5 Å². The number of rotatable bonds is 5. The van der Waals surface area contributed by atoms with E-state index in [2.05, 4.69) is 22.9 Å². The number of aliphatic hydroxyl groups is 1. The number of aryl methyl sites for hydroxylation is 1. The first-order chi connectivity index (χ1) is 14.0. The van der Waals surface area contributed by atoms with Crippen LogP contribution in [0, 0.1) is 18.8 Å². The third-order valence-corrected chi connectivity index (χ3v) is 6.23. The smallest absolute Gasteiger partial charge is 0.337 e. The van der Waals surface area contributed by atoms with Crippen LogP contribution >= 0.6 is 0 Å². The van der Waals surface area contributed by atoms with E-state index < -0.39 is 12.1 Å². The lowest BCUT2D eigenvalue weighted by molar-refractivity contribution is -0.0231. The van der Waals surface area contributed by atoms with Gasteiger partial charge in [0.1, 0.15) is 11.9 Å². The summed E-state index contributed by atoms with van der Waals surface area (Å²) in [5.41, 5.74) is 2.98. The minimum atomic E-state index is -0.499. The fourth-order valence-corrected chi connectivity index (χ4v) is 4.65.